The van der Waals surface area contributed by atoms with Crippen molar-refractivity contribution < 1.29 is 4.39 Å². The summed E-state index contributed by atoms with van der Waals surface area (Å²) in [7, 11) is 0. The number of nitrogens with zero attached hydrogens (tertiary/aromatic N) is 1. The van der Waals surface area contributed by atoms with Crippen molar-refractivity contribution in [2.75, 3.05) is 19.6 Å². The molecule has 1 aromatic carbocycles. The van der Waals surface area contributed by atoms with Crippen molar-refractivity contribution in [3.05, 3.63) is 35.6 Å². The fourth-order valence-corrected chi connectivity index (χ4v) is 2.72. The molecule has 0 saturated carbocycles. The summed E-state index contributed by atoms with van der Waals surface area (Å²) in [5.41, 5.74) is 1.15. The summed E-state index contributed by atoms with van der Waals surface area (Å²) in [5, 5.41) is 3.56. The highest BCUT2D eigenvalue weighted by Gasteiger charge is 2.22. The molecule has 0 bridgehead atoms. The van der Waals surface area contributed by atoms with Gasteiger partial charge in [-0.2, -0.15) is 0 Å². The van der Waals surface area contributed by atoms with Gasteiger partial charge < -0.3 is 5.32 Å². The average Bonchev–Trinajstić information content (AvgIpc) is 2.84. The van der Waals surface area contributed by atoms with Crippen LogP contribution in [0.25, 0.3) is 0 Å². The van der Waals surface area contributed by atoms with Crippen LogP contribution < -0.4 is 5.32 Å². The molecule has 0 amide bonds. The summed E-state index contributed by atoms with van der Waals surface area (Å²) in [6, 6.07) is 7.73. The Kier molecular flexibility index (Phi) is 4.72. The Balaban J connectivity index is 1.84. The van der Waals surface area contributed by atoms with Crippen molar-refractivity contribution in [3.8, 4) is 0 Å². The molecule has 2 rings (SSSR count). The van der Waals surface area contributed by atoms with Gasteiger partial charge in [0.05, 0.1) is 0 Å². The van der Waals surface area contributed by atoms with Gasteiger partial charge >= 0.3 is 0 Å². The predicted molar refractivity (Wildman–Crippen MR) is 73.1 cm³/mol. The zero-order chi connectivity index (χ0) is 13.0. The molecule has 1 fully saturated rings. The summed E-state index contributed by atoms with van der Waals surface area (Å²) in [6.07, 6.45) is 2.60. The molecule has 1 N–H and O–H groups in total. The molecular formula is C15H23FN2. The van der Waals surface area contributed by atoms with E-state index >= 15 is 0 Å². The molecule has 18 heavy (non-hydrogen) atoms. The lowest BCUT2D eigenvalue weighted by Gasteiger charge is -2.25. The molecule has 1 heterocycles. The second kappa shape index (κ2) is 6.30. The van der Waals surface area contributed by atoms with E-state index in [1.54, 1.807) is 0 Å². The van der Waals surface area contributed by atoms with E-state index in [9.17, 15) is 4.39 Å². The minimum absolute atomic E-state index is 0.168. The van der Waals surface area contributed by atoms with E-state index in [1.165, 1.54) is 31.5 Å². The monoisotopic (exact) mass is 250 g/mol. The van der Waals surface area contributed by atoms with E-state index < -0.39 is 0 Å². The van der Waals surface area contributed by atoms with Gasteiger partial charge in [0.15, 0.2) is 0 Å². The van der Waals surface area contributed by atoms with Crippen molar-refractivity contribution >= 4 is 0 Å². The van der Waals surface area contributed by atoms with Crippen LogP contribution in [0.15, 0.2) is 24.3 Å². The molecule has 0 spiro atoms. The van der Waals surface area contributed by atoms with E-state index in [-0.39, 0.29) is 11.9 Å². The Morgan fingerprint density at radius 1 is 1.39 bits per heavy atom. The van der Waals surface area contributed by atoms with Crippen LogP contribution in [-0.2, 0) is 0 Å². The molecule has 0 radical (unpaired) electrons. The smallest absolute Gasteiger partial charge is 0.123 e. The first-order valence-electron chi connectivity index (χ1n) is 6.93. The highest BCUT2D eigenvalue weighted by atomic mass is 19.1. The lowest BCUT2D eigenvalue weighted by Crippen LogP contribution is -2.38. The van der Waals surface area contributed by atoms with Crippen molar-refractivity contribution in [2.45, 2.75) is 38.8 Å². The topological polar surface area (TPSA) is 15.3 Å². The third-order valence-electron chi connectivity index (χ3n) is 3.93. The third-order valence-corrected chi connectivity index (χ3v) is 3.93. The first-order chi connectivity index (χ1) is 8.70. The number of rotatable bonds is 5. The van der Waals surface area contributed by atoms with Gasteiger partial charge in [-0.3, -0.25) is 4.90 Å². The number of likely N-dealkylation sites (tertiary alicyclic amines) is 1. The summed E-state index contributed by atoms with van der Waals surface area (Å²) in [6.45, 7) is 7.75. The summed E-state index contributed by atoms with van der Waals surface area (Å²) in [4.78, 5) is 2.53. The maximum absolute atomic E-state index is 12.9. The molecule has 100 valence electrons. The second-order valence-electron chi connectivity index (χ2n) is 5.11. The van der Waals surface area contributed by atoms with Gasteiger partial charge in [0.2, 0.25) is 0 Å². The zero-order valence-electron chi connectivity index (χ0n) is 11.3. The van der Waals surface area contributed by atoms with Crippen molar-refractivity contribution in [3.63, 3.8) is 0 Å². The molecule has 2 nitrogen and oxygen atoms in total. The minimum Gasteiger partial charge on any atom is -0.309 e. The normalized spacial score (nSPS) is 22.3. The maximum Gasteiger partial charge on any atom is 0.123 e. The fraction of sp³-hybridized carbons (Fsp3) is 0.600. The second-order valence-corrected chi connectivity index (χ2v) is 5.11. The lowest BCUT2D eigenvalue weighted by molar-refractivity contribution is 0.255. The van der Waals surface area contributed by atoms with Crippen molar-refractivity contribution in [2.24, 2.45) is 0 Å². The van der Waals surface area contributed by atoms with Crippen LogP contribution in [0.1, 0.15) is 38.3 Å². The number of likely N-dealkylation sites (N-methyl/N-ethyl adjacent to an activating group) is 1. The van der Waals surface area contributed by atoms with E-state index in [1.807, 2.05) is 12.1 Å². The molecule has 1 aliphatic heterocycles. The molecular weight excluding hydrogens is 227 g/mol. The van der Waals surface area contributed by atoms with E-state index in [4.69, 9.17) is 0 Å². The Bertz CT molecular complexity index is 363. The van der Waals surface area contributed by atoms with Crippen molar-refractivity contribution in [1.29, 1.82) is 0 Å². The Hall–Kier alpha value is -0.930. The average molecular weight is 250 g/mol. The van der Waals surface area contributed by atoms with Crippen LogP contribution >= 0.6 is 0 Å². The fourth-order valence-electron chi connectivity index (χ4n) is 2.72. The van der Waals surface area contributed by atoms with Crippen LogP contribution in [0.3, 0.4) is 0 Å². The predicted octanol–water partition coefficient (Wildman–Crippen LogP) is 2.96. The van der Waals surface area contributed by atoms with Crippen LogP contribution in [0.4, 0.5) is 4.39 Å². The Morgan fingerprint density at radius 3 is 2.78 bits per heavy atom. The maximum atomic E-state index is 12.9. The summed E-state index contributed by atoms with van der Waals surface area (Å²) < 4.78 is 12.9. The molecule has 3 heteroatoms. The van der Waals surface area contributed by atoms with Crippen molar-refractivity contribution in [1.82, 2.24) is 10.2 Å². The van der Waals surface area contributed by atoms with Crippen LogP contribution in [0.5, 0.6) is 0 Å². The zero-order valence-corrected chi connectivity index (χ0v) is 11.3. The molecule has 1 aliphatic rings. The van der Waals surface area contributed by atoms with E-state index in [2.05, 4.69) is 24.1 Å². The lowest BCUT2D eigenvalue weighted by atomic mass is 10.1. The quantitative estimate of drug-likeness (QED) is 0.864. The van der Waals surface area contributed by atoms with Gasteiger partial charge in [-0.05, 0) is 50.6 Å². The van der Waals surface area contributed by atoms with E-state index in [0.717, 1.165) is 18.7 Å². The summed E-state index contributed by atoms with van der Waals surface area (Å²) in [5.74, 6) is -0.168. The van der Waals surface area contributed by atoms with Crippen LogP contribution in [0.2, 0.25) is 0 Å². The van der Waals surface area contributed by atoms with Crippen LogP contribution in [-0.4, -0.2) is 30.6 Å². The van der Waals surface area contributed by atoms with Gasteiger partial charge in [-0.1, -0.05) is 19.1 Å². The SMILES string of the molecule is CCN1CCCC1CNC(C)c1ccc(F)cc1. The van der Waals surface area contributed by atoms with Gasteiger partial charge in [0, 0.05) is 18.6 Å². The molecule has 2 atom stereocenters. The van der Waals surface area contributed by atoms with Gasteiger partial charge in [-0.25, -0.2) is 4.39 Å². The molecule has 2 unspecified atom stereocenters. The summed E-state index contributed by atoms with van der Waals surface area (Å²) >= 11 is 0. The third kappa shape index (κ3) is 3.30. The molecule has 0 aromatic heterocycles. The van der Waals surface area contributed by atoms with Crippen LogP contribution in [0, 0.1) is 5.82 Å². The number of benzene rings is 1. The first kappa shape index (κ1) is 13.5. The highest BCUT2D eigenvalue weighted by Crippen LogP contribution is 2.18. The van der Waals surface area contributed by atoms with Gasteiger partial charge in [0.1, 0.15) is 5.82 Å². The number of hydrogen-bond acceptors (Lipinski definition) is 2. The Morgan fingerprint density at radius 2 is 2.11 bits per heavy atom. The first-order valence-corrected chi connectivity index (χ1v) is 6.93. The standard InChI is InChI=1S/C15H23FN2/c1-3-18-10-4-5-15(18)11-17-12(2)13-6-8-14(16)9-7-13/h6-9,12,15,17H,3-5,10-11H2,1-2H3. The molecule has 1 saturated heterocycles. The largest absolute Gasteiger partial charge is 0.309 e. The molecule has 0 aliphatic carbocycles. The number of halogens is 1. The number of nitrogens with one attached hydrogen (secondary N) is 1. The Labute approximate surface area is 109 Å². The highest BCUT2D eigenvalue weighted by molar-refractivity contribution is 5.19. The minimum atomic E-state index is -0.168. The number of hydrogen-bond donors (Lipinski definition) is 1. The van der Waals surface area contributed by atoms with Gasteiger partial charge in [0.25, 0.3) is 0 Å². The molecule has 1 aromatic rings. The van der Waals surface area contributed by atoms with Gasteiger partial charge in [-0.15, -0.1) is 0 Å². The van der Waals surface area contributed by atoms with E-state index in [0.29, 0.717) is 6.04 Å².